The van der Waals surface area contributed by atoms with Gasteiger partial charge in [0.25, 0.3) is 0 Å². The molecule has 7 heteroatoms. The van der Waals surface area contributed by atoms with E-state index in [0.717, 1.165) is 5.56 Å². The number of benzene rings is 1. The van der Waals surface area contributed by atoms with E-state index in [1.807, 2.05) is 12.1 Å². The Morgan fingerprint density at radius 3 is 3.09 bits per heavy atom. The zero-order valence-electron chi connectivity index (χ0n) is 12.2. The van der Waals surface area contributed by atoms with Crippen LogP contribution in [0.5, 0.6) is 0 Å². The van der Waals surface area contributed by atoms with Crippen molar-refractivity contribution in [3.05, 3.63) is 46.6 Å². The predicted octanol–water partition coefficient (Wildman–Crippen LogP) is 2.17. The maximum atomic E-state index is 12.4. The van der Waals surface area contributed by atoms with E-state index in [-0.39, 0.29) is 12.0 Å². The highest BCUT2D eigenvalue weighted by atomic mass is 35.5. The molecule has 0 saturated carbocycles. The Bertz CT molecular complexity index is 674. The third-order valence-electron chi connectivity index (χ3n) is 3.49. The second-order valence-electron chi connectivity index (χ2n) is 5.18. The number of aromatic nitrogens is 2. The predicted molar refractivity (Wildman–Crippen MR) is 79.5 cm³/mol. The van der Waals surface area contributed by atoms with Crippen molar-refractivity contribution in [1.29, 1.82) is 0 Å². The molecule has 1 aromatic heterocycles. The van der Waals surface area contributed by atoms with Crippen molar-refractivity contribution >= 4 is 17.5 Å². The maximum Gasteiger partial charge on any atom is 0.227 e. The van der Waals surface area contributed by atoms with Gasteiger partial charge in [-0.25, -0.2) is 0 Å². The molecular formula is C15H16ClN3O3. The molecule has 1 saturated heterocycles. The average molecular weight is 322 g/mol. The minimum atomic E-state index is -0.338. The molecule has 1 atom stereocenters. The third kappa shape index (κ3) is 3.45. The van der Waals surface area contributed by atoms with Crippen LogP contribution < -0.4 is 0 Å². The summed E-state index contributed by atoms with van der Waals surface area (Å²) in [4.78, 5) is 18.4. The van der Waals surface area contributed by atoms with Gasteiger partial charge in [0.2, 0.25) is 17.6 Å². The van der Waals surface area contributed by atoms with Crippen LogP contribution in [0, 0.1) is 6.92 Å². The highest BCUT2D eigenvalue weighted by Crippen LogP contribution is 2.20. The third-order valence-corrected chi connectivity index (χ3v) is 3.73. The van der Waals surface area contributed by atoms with Crippen molar-refractivity contribution in [2.45, 2.75) is 19.4 Å². The molecule has 2 aromatic rings. The molecular weight excluding hydrogens is 306 g/mol. The Kier molecular flexibility index (Phi) is 4.40. The number of rotatable bonds is 3. The quantitative estimate of drug-likeness (QED) is 0.866. The normalized spacial score (nSPS) is 18.5. The Morgan fingerprint density at radius 2 is 2.36 bits per heavy atom. The second-order valence-corrected chi connectivity index (χ2v) is 5.61. The van der Waals surface area contributed by atoms with E-state index in [9.17, 15) is 4.79 Å². The van der Waals surface area contributed by atoms with Crippen LogP contribution in [0.3, 0.4) is 0 Å². The number of halogens is 1. The number of amides is 1. The highest BCUT2D eigenvalue weighted by Gasteiger charge is 2.28. The first-order valence-corrected chi connectivity index (χ1v) is 7.43. The molecule has 1 aromatic carbocycles. The van der Waals surface area contributed by atoms with Gasteiger partial charge in [-0.3, -0.25) is 4.79 Å². The molecule has 3 rings (SSSR count). The summed E-state index contributed by atoms with van der Waals surface area (Å²) in [5.41, 5.74) is 0.899. The molecule has 22 heavy (non-hydrogen) atoms. The van der Waals surface area contributed by atoms with Crippen LogP contribution in [0.25, 0.3) is 0 Å². The zero-order valence-corrected chi connectivity index (χ0v) is 12.9. The lowest BCUT2D eigenvalue weighted by Gasteiger charge is -2.31. The fourth-order valence-electron chi connectivity index (χ4n) is 2.41. The van der Waals surface area contributed by atoms with Gasteiger partial charge in [-0.15, -0.1) is 0 Å². The summed E-state index contributed by atoms with van der Waals surface area (Å²) in [6.07, 6.45) is -0.0204. The van der Waals surface area contributed by atoms with E-state index in [4.69, 9.17) is 20.9 Å². The van der Waals surface area contributed by atoms with Gasteiger partial charge in [0.1, 0.15) is 6.10 Å². The summed E-state index contributed by atoms with van der Waals surface area (Å²) >= 11 is 5.95. The Morgan fingerprint density at radius 1 is 1.50 bits per heavy atom. The fraction of sp³-hybridized carbons (Fsp3) is 0.400. The van der Waals surface area contributed by atoms with Gasteiger partial charge in [0.05, 0.1) is 19.6 Å². The number of carbonyl (C=O) groups excluding carboxylic acids is 1. The van der Waals surface area contributed by atoms with Crippen LogP contribution in [0.1, 0.15) is 23.4 Å². The minimum absolute atomic E-state index is 0.0378. The van der Waals surface area contributed by atoms with E-state index in [1.165, 1.54) is 0 Å². The molecule has 1 amide bonds. The van der Waals surface area contributed by atoms with Crippen molar-refractivity contribution in [1.82, 2.24) is 15.0 Å². The lowest BCUT2D eigenvalue weighted by Crippen LogP contribution is -2.43. The molecule has 1 aliphatic rings. The number of morpholine rings is 1. The van der Waals surface area contributed by atoms with Gasteiger partial charge in [0.15, 0.2) is 0 Å². The SMILES string of the molecule is Cc1nc([C@@H]2CN(C(=O)Cc3cccc(Cl)c3)CCO2)no1. The summed E-state index contributed by atoms with van der Waals surface area (Å²) in [7, 11) is 0. The standard InChI is InChI=1S/C15H16ClN3O3/c1-10-17-15(18-22-10)13-9-19(5-6-21-13)14(20)8-11-3-2-4-12(16)7-11/h2-4,7,13H,5-6,8-9H2,1H3/t13-/m0/s1. The van der Waals surface area contributed by atoms with Crippen LogP contribution >= 0.6 is 11.6 Å². The maximum absolute atomic E-state index is 12.4. The zero-order chi connectivity index (χ0) is 15.5. The highest BCUT2D eigenvalue weighted by molar-refractivity contribution is 6.30. The molecule has 1 aliphatic heterocycles. The van der Waals surface area contributed by atoms with Crippen molar-refractivity contribution in [3.8, 4) is 0 Å². The van der Waals surface area contributed by atoms with Crippen LogP contribution in [0.15, 0.2) is 28.8 Å². The molecule has 6 nitrogen and oxygen atoms in total. The first-order chi connectivity index (χ1) is 10.6. The largest absolute Gasteiger partial charge is 0.366 e. The summed E-state index contributed by atoms with van der Waals surface area (Å²) in [5, 5.41) is 4.49. The van der Waals surface area contributed by atoms with Gasteiger partial charge in [-0.2, -0.15) is 4.98 Å². The Labute approximate surface area is 133 Å². The Balaban J connectivity index is 1.65. The molecule has 0 spiro atoms. The first kappa shape index (κ1) is 15.0. The molecule has 116 valence electrons. The van der Waals surface area contributed by atoms with Gasteiger partial charge >= 0.3 is 0 Å². The summed E-state index contributed by atoms with van der Waals surface area (Å²) in [5.74, 6) is 1.01. The number of hydrogen-bond donors (Lipinski definition) is 0. The van der Waals surface area contributed by atoms with Crippen molar-refractivity contribution in [2.24, 2.45) is 0 Å². The summed E-state index contributed by atoms with van der Waals surface area (Å²) in [6, 6.07) is 7.33. The summed E-state index contributed by atoms with van der Waals surface area (Å²) in [6.45, 7) is 3.17. The van der Waals surface area contributed by atoms with Gasteiger partial charge in [-0.1, -0.05) is 28.9 Å². The van der Waals surface area contributed by atoms with Crippen LogP contribution in [-0.4, -0.2) is 40.6 Å². The topological polar surface area (TPSA) is 68.5 Å². The van der Waals surface area contributed by atoms with Gasteiger partial charge in [-0.05, 0) is 17.7 Å². The number of carbonyl (C=O) groups is 1. The van der Waals surface area contributed by atoms with Gasteiger partial charge in [0, 0.05) is 18.5 Å². The van der Waals surface area contributed by atoms with Crippen molar-refractivity contribution in [2.75, 3.05) is 19.7 Å². The smallest absolute Gasteiger partial charge is 0.227 e. The van der Waals surface area contributed by atoms with Crippen LogP contribution in [0.2, 0.25) is 5.02 Å². The van der Waals surface area contributed by atoms with Crippen molar-refractivity contribution < 1.29 is 14.1 Å². The molecule has 0 bridgehead atoms. The fourth-order valence-corrected chi connectivity index (χ4v) is 2.62. The molecule has 1 fully saturated rings. The van der Waals surface area contributed by atoms with Crippen LogP contribution in [-0.2, 0) is 16.0 Å². The lowest BCUT2D eigenvalue weighted by molar-refractivity contribution is -0.138. The Hall–Kier alpha value is -1.92. The van der Waals surface area contributed by atoms with E-state index < -0.39 is 0 Å². The average Bonchev–Trinajstić information content (AvgIpc) is 2.94. The van der Waals surface area contributed by atoms with Gasteiger partial charge < -0.3 is 14.2 Å². The number of hydrogen-bond acceptors (Lipinski definition) is 5. The summed E-state index contributed by atoms with van der Waals surface area (Å²) < 4.78 is 10.6. The van der Waals surface area contributed by atoms with E-state index in [1.54, 1.807) is 24.0 Å². The molecule has 0 radical (unpaired) electrons. The molecule has 2 heterocycles. The second kappa shape index (κ2) is 6.46. The number of aryl methyl sites for hydroxylation is 1. The molecule has 0 aliphatic carbocycles. The minimum Gasteiger partial charge on any atom is -0.366 e. The lowest BCUT2D eigenvalue weighted by atomic mass is 10.1. The van der Waals surface area contributed by atoms with E-state index in [0.29, 0.717) is 42.9 Å². The van der Waals surface area contributed by atoms with E-state index >= 15 is 0 Å². The molecule has 0 unspecified atom stereocenters. The van der Waals surface area contributed by atoms with Crippen molar-refractivity contribution in [3.63, 3.8) is 0 Å². The monoisotopic (exact) mass is 321 g/mol. The van der Waals surface area contributed by atoms with Crippen LogP contribution in [0.4, 0.5) is 0 Å². The van der Waals surface area contributed by atoms with E-state index in [2.05, 4.69) is 10.1 Å². The molecule has 0 N–H and O–H groups in total. The first-order valence-electron chi connectivity index (χ1n) is 7.06. The number of ether oxygens (including phenoxy) is 1. The number of nitrogens with zero attached hydrogens (tertiary/aromatic N) is 3.